The number of non-ortho nitro benzene ring substituents is 1. The van der Waals surface area contributed by atoms with Crippen LogP contribution in [0.1, 0.15) is 49.3 Å². The smallest absolute Gasteiger partial charge is 0.279 e. The molecule has 1 amide bonds. The number of nitro benzene ring substituents is 1. The average molecular weight is 440 g/mol. The van der Waals surface area contributed by atoms with Crippen LogP contribution in [0.25, 0.3) is 10.9 Å². The molecule has 4 rings (SSSR count). The SMILES string of the molecule is O=C(N[C@@H](c1ccc(Cl)cc1)c1cc([N+](=O)[O-])c2cccnc2c1O)C1CCCCC1. The van der Waals surface area contributed by atoms with Gasteiger partial charge in [-0.2, -0.15) is 0 Å². The molecule has 8 heteroatoms. The van der Waals surface area contributed by atoms with Crippen LogP contribution in [-0.2, 0) is 4.79 Å². The van der Waals surface area contributed by atoms with E-state index in [-0.39, 0.29) is 39.7 Å². The second kappa shape index (κ2) is 8.89. The first-order valence-electron chi connectivity index (χ1n) is 10.3. The van der Waals surface area contributed by atoms with Crippen LogP contribution in [0, 0.1) is 16.0 Å². The fourth-order valence-corrected chi connectivity index (χ4v) is 4.35. The summed E-state index contributed by atoms with van der Waals surface area (Å²) in [5.41, 5.74) is 0.831. The number of nitro groups is 1. The monoisotopic (exact) mass is 439 g/mol. The third-order valence-corrected chi connectivity index (χ3v) is 6.10. The molecule has 7 nitrogen and oxygen atoms in total. The summed E-state index contributed by atoms with van der Waals surface area (Å²) in [6.45, 7) is 0. The summed E-state index contributed by atoms with van der Waals surface area (Å²) in [6.07, 6.45) is 6.21. The van der Waals surface area contributed by atoms with E-state index in [1.807, 2.05) is 0 Å². The largest absolute Gasteiger partial charge is 0.505 e. The van der Waals surface area contributed by atoms with Gasteiger partial charge in [-0.05, 0) is 42.7 Å². The number of benzene rings is 2. The maximum absolute atomic E-state index is 13.0. The third kappa shape index (κ3) is 4.32. The Morgan fingerprint density at radius 2 is 1.90 bits per heavy atom. The summed E-state index contributed by atoms with van der Waals surface area (Å²) in [7, 11) is 0. The van der Waals surface area contributed by atoms with Crippen molar-refractivity contribution in [1.29, 1.82) is 0 Å². The molecule has 0 spiro atoms. The lowest BCUT2D eigenvalue weighted by atomic mass is 9.87. The number of carbonyl (C=O) groups excluding carboxylic acids is 1. The van der Waals surface area contributed by atoms with Crippen molar-refractivity contribution in [2.75, 3.05) is 0 Å². The van der Waals surface area contributed by atoms with Gasteiger partial charge in [-0.15, -0.1) is 0 Å². The number of aromatic nitrogens is 1. The fraction of sp³-hybridized carbons (Fsp3) is 0.304. The first kappa shape index (κ1) is 21.1. The van der Waals surface area contributed by atoms with E-state index in [0.29, 0.717) is 10.6 Å². The van der Waals surface area contributed by atoms with Gasteiger partial charge in [0.2, 0.25) is 5.91 Å². The molecule has 2 N–H and O–H groups in total. The highest BCUT2D eigenvalue weighted by Gasteiger charge is 2.29. The molecular weight excluding hydrogens is 418 g/mol. The fourth-order valence-electron chi connectivity index (χ4n) is 4.22. The van der Waals surface area contributed by atoms with Gasteiger partial charge in [-0.3, -0.25) is 19.9 Å². The number of aromatic hydroxyl groups is 1. The normalized spacial score (nSPS) is 15.5. The number of hydrogen-bond donors (Lipinski definition) is 2. The van der Waals surface area contributed by atoms with Gasteiger partial charge < -0.3 is 10.4 Å². The van der Waals surface area contributed by atoms with Crippen LogP contribution in [0.2, 0.25) is 5.02 Å². The molecule has 1 aromatic heterocycles. The number of nitrogens with zero attached hydrogens (tertiary/aromatic N) is 2. The van der Waals surface area contributed by atoms with E-state index in [9.17, 15) is 20.0 Å². The van der Waals surface area contributed by atoms with Gasteiger partial charge in [0.05, 0.1) is 16.4 Å². The third-order valence-electron chi connectivity index (χ3n) is 5.85. The van der Waals surface area contributed by atoms with E-state index in [1.165, 1.54) is 12.3 Å². The molecule has 0 saturated heterocycles. The highest BCUT2D eigenvalue weighted by Crippen LogP contribution is 2.40. The molecule has 1 aliphatic carbocycles. The van der Waals surface area contributed by atoms with Gasteiger partial charge in [0, 0.05) is 28.8 Å². The Kier molecular flexibility index (Phi) is 6.04. The summed E-state index contributed by atoms with van der Waals surface area (Å²) in [5.74, 6) is -0.424. The Bertz CT molecular complexity index is 1130. The minimum atomic E-state index is -0.781. The number of phenolic OH excluding ortho intramolecular Hbond substituents is 1. The van der Waals surface area contributed by atoms with Crippen molar-refractivity contribution in [2.45, 2.75) is 38.1 Å². The van der Waals surface area contributed by atoms with Gasteiger partial charge in [0.1, 0.15) is 11.3 Å². The molecule has 1 fully saturated rings. The minimum absolute atomic E-state index is 0.112. The van der Waals surface area contributed by atoms with E-state index >= 15 is 0 Å². The first-order valence-corrected chi connectivity index (χ1v) is 10.6. The maximum Gasteiger partial charge on any atom is 0.279 e. The summed E-state index contributed by atoms with van der Waals surface area (Å²) < 4.78 is 0. The van der Waals surface area contributed by atoms with Crippen molar-refractivity contribution in [3.8, 4) is 5.75 Å². The van der Waals surface area contributed by atoms with Gasteiger partial charge >= 0.3 is 0 Å². The molecule has 31 heavy (non-hydrogen) atoms. The van der Waals surface area contributed by atoms with Gasteiger partial charge in [0.25, 0.3) is 5.69 Å². The standard InChI is InChI=1S/C23H22ClN3O4/c24-16-10-8-14(9-11-16)20(26-23(29)15-5-2-1-3-6-15)18-13-19(27(30)31)17-7-4-12-25-21(17)22(18)28/h4,7-13,15,20,28H,1-3,5-6H2,(H,26,29)/t20-/m0/s1. The van der Waals surface area contributed by atoms with Crippen molar-refractivity contribution in [2.24, 2.45) is 5.92 Å². The molecule has 0 radical (unpaired) electrons. The van der Waals surface area contributed by atoms with Crippen LogP contribution < -0.4 is 5.32 Å². The Labute approximate surface area is 184 Å². The quantitative estimate of drug-likeness (QED) is 0.415. The second-order valence-electron chi connectivity index (χ2n) is 7.82. The van der Waals surface area contributed by atoms with Gasteiger partial charge in [-0.1, -0.05) is 43.0 Å². The Balaban J connectivity index is 1.83. The molecule has 0 bridgehead atoms. The van der Waals surface area contributed by atoms with Crippen LogP contribution in [0.3, 0.4) is 0 Å². The van der Waals surface area contributed by atoms with Crippen LogP contribution >= 0.6 is 11.6 Å². The highest BCUT2D eigenvalue weighted by molar-refractivity contribution is 6.30. The molecule has 1 heterocycles. The molecule has 1 atom stereocenters. The number of amides is 1. The van der Waals surface area contributed by atoms with E-state index in [2.05, 4.69) is 10.3 Å². The van der Waals surface area contributed by atoms with E-state index < -0.39 is 11.0 Å². The van der Waals surface area contributed by atoms with Crippen LogP contribution in [0.5, 0.6) is 5.75 Å². The lowest BCUT2D eigenvalue weighted by molar-refractivity contribution is -0.383. The zero-order valence-corrected chi connectivity index (χ0v) is 17.5. The predicted octanol–water partition coefficient (Wildman–Crippen LogP) is 5.29. The summed E-state index contributed by atoms with van der Waals surface area (Å²) >= 11 is 6.03. The molecule has 1 aliphatic rings. The van der Waals surface area contributed by atoms with E-state index in [4.69, 9.17) is 11.6 Å². The van der Waals surface area contributed by atoms with Crippen LogP contribution in [-0.4, -0.2) is 20.9 Å². The van der Waals surface area contributed by atoms with E-state index in [1.54, 1.807) is 36.4 Å². The maximum atomic E-state index is 13.0. The zero-order chi connectivity index (χ0) is 22.0. The first-order chi connectivity index (χ1) is 15.0. The number of carbonyl (C=O) groups is 1. The summed E-state index contributed by atoms with van der Waals surface area (Å²) in [4.78, 5) is 28.4. The molecule has 1 saturated carbocycles. The molecule has 3 aromatic rings. The minimum Gasteiger partial charge on any atom is -0.505 e. The van der Waals surface area contributed by atoms with Gasteiger partial charge in [0.15, 0.2) is 0 Å². The molecule has 2 aromatic carbocycles. The molecule has 160 valence electrons. The Hall–Kier alpha value is -3.19. The van der Waals surface area contributed by atoms with Crippen molar-refractivity contribution in [1.82, 2.24) is 10.3 Å². The average Bonchev–Trinajstić information content (AvgIpc) is 2.79. The number of nitrogens with one attached hydrogen (secondary N) is 1. The second-order valence-corrected chi connectivity index (χ2v) is 8.25. The lowest BCUT2D eigenvalue weighted by Crippen LogP contribution is -2.35. The van der Waals surface area contributed by atoms with Gasteiger partial charge in [-0.25, -0.2) is 0 Å². The molecule has 0 unspecified atom stereocenters. The number of pyridine rings is 1. The van der Waals surface area contributed by atoms with Crippen molar-refractivity contribution in [3.05, 3.63) is 74.9 Å². The number of rotatable bonds is 5. The number of halogens is 1. The Morgan fingerprint density at radius 1 is 1.19 bits per heavy atom. The highest BCUT2D eigenvalue weighted by atomic mass is 35.5. The van der Waals surface area contributed by atoms with Crippen molar-refractivity contribution >= 4 is 34.1 Å². The number of hydrogen-bond acceptors (Lipinski definition) is 5. The zero-order valence-electron chi connectivity index (χ0n) is 16.8. The topological polar surface area (TPSA) is 105 Å². The lowest BCUT2D eigenvalue weighted by Gasteiger charge is -2.26. The van der Waals surface area contributed by atoms with Crippen LogP contribution in [0.4, 0.5) is 5.69 Å². The summed E-state index contributed by atoms with van der Waals surface area (Å²) in [6, 6.07) is 10.5. The van der Waals surface area contributed by atoms with E-state index in [0.717, 1.165) is 32.1 Å². The Morgan fingerprint density at radius 3 is 2.58 bits per heavy atom. The molecular formula is C23H22ClN3O4. The number of phenols is 1. The predicted molar refractivity (Wildman–Crippen MR) is 118 cm³/mol. The van der Waals surface area contributed by atoms with Crippen molar-refractivity contribution < 1.29 is 14.8 Å². The van der Waals surface area contributed by atoms with Crippen molar-refractivity contribution in [3.63, 3.8) is 0 Å². The number of fused-ring (bicyclic) bond motifs is 1. The summed E-state index contributed by atoms with van der Waals surface area (Å²) in [5, 5.41) is 26.5. The van der Waals surface area contributed by atoms with Crippen LogP contribution in [0.15, 0.2) is 48.7 Å². The molecule has 0 aliphatic heterocycles.